The zero-order valence-corrected chi connectivity index (χ0v) is 19.7. The monoisotopic (exact) mass is 468 g/mol. The lowest BCUT2D eigenvalue weighted by atomic mass is 9.97. The number of aromatic nitrogens is 3. The molecule has 1 N–H and O–H groups in total. The van der Waals surface area contributed by atoms with E-state index in [4.69, 9.17) is 9.47 Å². The van der Waals surface area contributed by atoms with E-state index in [2.05, 4.69) is 45.4 Å². The first-order valence-electron chi connectivity index (χ1n) is 11.6. The van der Waals surface area contributed by atoms with Gasteiger partial charge in [0.1, 0.15) is 19.5 Å². The molecule has 4 rings (SSSR count). The summed E-state index contributed by atoms with van der Waals surface area (Å²) in [5.74, 6) is 0.172. The molecule has 0 unspecified atom stereocenters. The van der Waals surface area contributed by atoms with Crippen molar-refractivity contribution in [1.29, 1.82) is 0 Å². The van der Waals surface area contributed by atoms with Gasteiger partial charge in [0.15, 0.2) is 0 Å². The maximum absolute atomic E-state index is 11.9. The highest BCUT2D eigenvalue weighted by Crippen LogP contribution is 2.26. The number of anilines is 1. The van der Waals surface area contributed by atoms with Crippen LogP contribution in [-0.2, 0) is 22.7 Å². The molecule has 0 saturated heterocycles. The van der Waals surface area contributed by atoms with E-state index in [1.165, 1.54) is 17.5 Å². The third kappa shape index (κ3) is 7.11. The van der Waals surface area contributed by atoms with E-state index in [0.717, 1.165) is 16.7 Å². The Hall–Kier alpha value is -4.26. The van der Waals surface area contributed by atoms with E-state index in [0.29, 0.717) is 31.9 Å². The SMILES string of the molecule is Cc1c(COc2ncnc(NCCCC(=O)OCc3ccccc3)n2)cccc1-c1ccccc1. The fraction of sp³-hybridized carbons (Fsp3) is 0.214. The molecular weight excluding hydrogens is 440 g/mol. The lowest BCUT2D eigenvalue weighted by Gasteiger charge is -2.12. The van der Waals surface area contributed by atoms with Gasteiger partial charge in [-0.3, -0.25) is 4.79 Å². The van der Waals surface area contributed by atoms with E-state index in [1.54, 1.807) is 0 Å². The second-order valence-electron chi connectivity index (χ2n) is 8.01. The Balaban J connectivity index is 1.23. The average Bonchev–Trinajstić information content (AvgIpc) is 2.91. The molecule has 0 aliphatic carbocycles. The highest BCUT2D eigenvalue weighted by Gasteiger charge is 2.09. The number of hydrogen-bond acceptors (Lipinski definition) is 7. The van der Waals surface area contributed by atoms with Crippen molar-refractivity contribution >= 4 is 11.9 Å². The van der Waals surface area contributed by atoms with Gasteiger partial charge in [0.25, 0.3) is 0 Å². The second-order valence-corrected chi connectivity index (χ2v) is 8.01. The zero-order valence-electron chi connectivity index (χ0n) is 19.7. The quantitative estimate of drug-likeness (QED) is 0.234. The molecule has 0 fully saturated rings. The number of esters is 1. The summed E-state index contributed by atoms with van der Waals surface area (Å²) < 4.78 is 11.1. The molecule has 4 aromatic rings. The van der Waals surface area contributed by atoms with Gasteiger partial charge < -0.3 is 14.8 Å². The topological polar surface area (TPSA) is 86.2 Å². The summed E-state index contributed by atoms with van der Waals surface area (Å²) in [6.07, 6.45) is 2.32. The van der Waals surface area contributed by atoms with E-state index in [9.17, 15) is 4.79 Å². The molecule has 0 saturated carbocycles. The smallest absolute Gasteiger partial charge is 0.321 e. The van der Waals surface area contributed by atoms with Crippen LogP contribution in [0, 0.1) is 6.92 Å². The van der Waals surface area contributed by atoms with Crippen LogP contribution in [0.4, 0.5) is 5.95 Å². The predicted octanol–water partition coefficient (Wildman–Crippen LogP) is 5.36. The number of nitrogens with one attached hydrogen (secondary N) is 1. The van der Waals surface area contributed by atoms with Crippen LogP contribution in [0.5, 0.6) is 6.01 Å². The molecule has 7 heteroatoms. The normalized spacial score (nSPS) is 10.5. The summed E-state index contributed by atoms with van der Waals surface area (Å²) in [6, 6.07) is 26.3. The van der Waals surface area contributed by atoms with Gasteiger partial charge >= 0.3 is 12.0 Å². The first kappa shape index (κ1) is 23.9. The first-order chi connectivity index (χ1) is 17.2. The molecule has 1 heterocycles. The number of benzene rings is 3. The van der Waals surface area contributed by atoms with Gasteiger partial charge in [0, 0.05) is 13.0 Å². The van der Waals surface area contributed by atoms with Crippen LogP contribution in [-0.4, -0.2) is 27.5 Å². The molecule has 0 radical (unpaired) electrons. The average molecular weight is 469 g/mol. The second kappa shape index (κ2) is 12.3. The Labute approximate surface area is 205 Å². The van der Waals surface area contributed by atoms with Crippen LogP contribution in [0.3, 0.4) is 0 Å². The van der Waals surface area contributed by atoms with Crippen LogP contribution in [0.2, 0.25) is 0 Å². The van der Waals surface area contributed by atoms with Gasteiger partial charge in [0.2, 0.25) is 5.95 Å². The molecule has 7 nitrogen and oxygen atoms in total. The number of carbonyl (C=O) groups is 1. The van der Waals surface area contributed by atoms with Crippen LogP contribution >= 0.6 is 0 Å². The minimum atomic E-state index is -0.233. The molecule has 3 aromatic carbocycles. The van der Waals surface area contributed by atoms with Crippen molar-refractivity contribution in [2.75, 3.05) is 11.9 Å². The minimum absolute atomic E-state index is 0.233. The number of ether oxygens (including phenoxy) is 2. The van der Waals surface area contributed by atoms with E-state index in [-0.39, 0.29) is 18.6 Å². The number of rotatable bonds is 11. The van der Waals surface area contributed by atoms with Crippen LogP contribution in [0.1, 0.15) is 29.5 Å². The maximum atomic E-state index is 11.9. The third-order valence-corrected chi connectivity index (χ3v) is 5.52. The fourth-order valence-electron chi connectivity index (χ4n) is 3.59. The molecule has 0 spiro atoms. The van der Waals surface area contributed by atoms with Crippen molar-refractivity contribution < 1.29 is 14.3 Å². The molecule has 178 valence electrons. The highest BCUT2D eigenvalue weighted by atomic mass is 16.5. The molecule has 0 amide bonds. The predicted molar refractivity (Wildman–Crippen MR) is 135 cm³/mol. The van der Waals surface area contributed by atoms with Gasteiger partial charge in [-0.2, -0.15) is 9.97 Å². The summed E-state index contributed by atoms with van der Waals surface area (Å²) in [4.78, 5) is 24.5. The third-order valence-electron chi connectivity index (χ3n) is 5.52. The largest absolute Gasteiger partial charge is 0.461 e. The summed E-state index contributed by atoms with van der Waals surface area (Å²) >= 11 is 0. The van der Waals surface area contributed by atoms with Gasteiger partial charge in [-0.25, -0.2) is 4.98 Å². The Morgan fingerprint density at radius 1 is 0.886 bits per heavy atom. The van der Waals surface area contributed by atoms with Crippen molar-refractivity contribution in [3.63, 3.8) is 0 Å². The molecule has 0 aliphatic heterocycles. The Morgan fingerprint density at radius 3 is 2.46 bits per heavy atom. The molecule has 35 heavy (non-hydrogen) atoms. The number of hydrogen-bond donors (Lipinski definition) is 1. The summed E-state index contributed by atoms with van der Waals surface area (Å²) in [5, 5.41) is 3.10. The summed E-state index contributed by atoms with van der Waals surface area (Å²) in [6.45, 7) is 3.26. The summed E-state index contributed by atoms with van der Waals surface area (Å²) in [5.41, 5.74) is 5.54. The molecule has 0 bridgehead atoms. The highest BCUT2D eigenvalue weighted by molar-refractivity contribution is 5.69. The van der Waals surface area contributed by atoms with Crippen molar-refractivity contribution in [2.45, 2.75) is 33.0 Å². The van der Waals surface area contributed by atoms with Gasteiger partial charge in [-0.1, -0.05) is 78.9 Å². The number of nitrogens with zero attached hydrogens (tertiary/aromatic N) is 3. The molecule has 0 aliphatic rings. The van der Waals surface area contributed by atoms with Crippen LogP contribution in [0.25, 0.3) is 11.1 Å². The van der Waals surface area contributed by atoms with Gasteiger partial charge in [-0.05, 0) is 41.2 Å². The first-order valence-corrected chi connectivity index (χ1v) is 11.6. The van der Waals surface area contributed by atoms with E-state index >= 15 is 0 Å². The number of carbonyl (C=O) groups excluding carboxylic acids is 1. The van der Waals surface area contributed by atoms with Crippen molar-refractivity contribution in [1.82, 2.24) is 15.0 Å². The van der Waals surface area contributed by atoms with Crippen LogP contribution in [0.15, 0.2) is 85.2 Å². The van der Waals surface area contributed by atoms with Gasteiger partial charge in [0.05, 0.1) is 0 Å². The van der Waals surface area contributed by atoms with Gasteiger partial charge in [-0.15, -0.1) is 0 Å². The summed E-state index contributed by atoms with van der Waals surface area (Å²) in [7, 11) is 0. The lowest BCUT2D eigenvalue weighted by Crippen LogP contribution is -2.11. The standard InChI is InChI=1S/C28H28N4O3/c1-21-24(14-8-15-25(21)23-12-6-3-7-13-23)19-35-28-31-20-30-27(32-28)29-17-9-16-26(33)34-18-22-10-4-2-5-11-22/h2-8,10-15,20H,9,16-19H2,1H3,(H,29,30,31,32). The Kier molecular flexibility index (Phi) is 8.37. The van der Waals surface area contributed by atoms with Crippen LogP contribution < -0.4 is 10.1 Å². The minimum Gasteiger partial charge on any atom is -0.461 e. The van der Waals surface area contributed by atoms with Crippen molar-refractivity contribution in [3.05, 3.63) is 102 Å². The Morgan fingerprint density at radius 2 is 1.66 bits per heavy atom. The van der Waals surface area contributed by atoms with Crippen molar-refractivity contribution in [2.24, 2.45) is 0 Å². The molecular formula is C28H28N4O3. The molecule has 1 aromatic heterocycles. The molecule has 0 atom stereocenters. The lowest BCUT2D eigenvalue weighted by molar-refractivity contribution is -0.145. The van der Waals surface area contributed by atoms with E-state index < -0.39 is 0 Å². The maximum Gasteiger partial charge on any atom is 0.321 e. The van der Waals surface area contributed by atoms with E-state index in [1.807, 2.05) is 60.7 Å². The van der Waals surface area contributed by atoms with Crippen molar-refractivity contribution in [3.8, 4) is 17.1 Å². The Bertz CT molecular complexity index is 1230. The zero-order chi connectivity index (χ0) is 24.3. The fourth-order valence-corrected chi connectivity index (χ4v) is 3.59.